The van der Waals surface area contributed by atoms with E-state index in [9.17, 15) is 0 Å². The molecule has 0 unspecified atom stereocenters. The monoisotopic (exact) mass is 296 g/mol. The normalized spacial score (nSPS) is 11.0. The number of nitrogens with zero attached hydrogens (tertiary/aromatic N) is 2. The fraction of sp³-hybridized carbons (Fsp3) is 0.294. The number of aromatic amines is 1. The number of rotatable bonds is 6. The summed E-state index contributed by atoms with van der Waals surface area (Å²) in [5, 5.41) is 4.42. The maximum atomic E-state index is 5.04. The van der Waals surface area contributed by atoms with Crippen LogP contribution in [0.1, 0.15) is 12.1 Å². The molecule has 0 atom stereocenters. The van der Waals surface area contributed by atoms with Gasteiger partial charge in [-0.25, -0.2) is 9.97 Å². The van der Waals surface area contributed by atoms with Gasteiger partial charge in [-0.15, -0.1) is 0 Å². The standard InChI is InChI=1S/C17H20N4O/c1-12-16(13-6-3-4-7-14(13)20-12)15-8-10-19-17(21-15)18-9-5-11-22-2/h3-4,6-8,10,20H,5,9,11H2,1-2H3,(H,18,19,21). The molecule has 2 aromatic heterocycles. The van der Waals surface area contributed by atoms with Gasteiger partial charge in [0.2, 0.25) is 5.95 Å². The zero-order valence-corrected chi connectivity index (χ0v) is 12.9. The fourth-order valence-corrected chi connectivity index (χ4v) is 2.61. The molecule has 0 radical (unpaired) electrons. The summed E-state index contributed by atoms with van der Waals surface area (Å²) in [6, 6.07) is 10.2. The summed E-state index contributed by atoms with van der Waals surface area (Å²) in [5.74, 6) is 0.651. The number of fused-ring (bicyclic) bond motifs is 1. The van der Waals surface area contributed by atoms with E-state index in [1.165, 1.54) is 5.39 Å². The van der Waals surface area contributed by atoms with Crippen molar-refractivity contribution in [3.05, 3.63) is 42.2 Å². The van der Waals surface area contributed by atoms with E-state index in [1.54, 1.807) is 13.3 Å². The molecule has 5 heteroatoms. The van der Waals surface area contributed by atoms with Gasteiger partial charge in [-0.1, -0.05) is 18.2 Å². The van der Waals surface area contributed by atoms with Crippen LogP contribution < -0.4 is 5.32 Å². The van der Waals surface area contributed by atoms with E-state index < -0.39 is 0 Å². The van der Waals surface area contributed by atoms with Gasteiger partial charge in [0.1, 0.15) is 0 Å². The Labute approximate surface area is 129 Å². The molecule has 0 spiro atoms. The molecule has 3 rings (SSSR count). The van der Waals surface area contributed by atoms with Gasteiger partial charge < -0.3 is 15.0 Å². The molecule has 0 aliphatic carbocycles. The minimum atomic E-state index is 0.651. The lowest BCUT2D eigenvalue weighted by Gasteiger charge is -2.06. The summed E-state index contributed by atoms with van der Waals surface area (Å²) >= 11 is 0. The van der Waals surface area contributed by atoms with Crippen LogP contribution in [0.3, 0.4) is 0 Å². The number of methoxy groups -OCH3 is 1. The first-order valence-corrected chi connectivity index (χ1v) is 7.43. The van der Waals surface area contributed by atoms with Crippen molar-refractivity contribution in [3.8, 4) is 11.3 Å². The second kappa shape index (κ2) is 6.58. The summed E-state index contributed by atoms with van der Waals surface area (Å²) in [7, 11) is 1.71. The number of anilines is 1. The number of H-pyrrole nitrogens is 1. The predicted molar refractivity (Wildman–Crippen MR) is 89.0 cm³/mol. The topological polar surface area (TPSA) is 62.8 Å². The maximum absolute atomic E-state index is 5.04. The number of ether oxygens (including phenoxy) is 1. The second-order valence-electron chi connectivity index (χ2n) is 5.21. The van der Waals surface area contributed by atoms with Gasteiger partial charge in [0, 0.05) is 48.6 Å². The lowest BCUT2D eigenvalue weighted by molar-refractivity contribution is 0.197. The summed E-state index contributed by atoms with van der Waals surface area (Å²) in [4.78, 5) is 12.3. The Bertz CT molecular complexity index is 766. The van der Waals surface area contributed by atoms with Crippen molar-refractivity contribution in [2.45, 2.75) is 13.3 Å². The molecule has 5 nitrogen and oxygen atoms in total. The number of aromatic nitrogens is 3. The Morgan fingerprint density at radius 3 is 2.95 bits per heavy atom. The quantitative estimate of drug-likeness (QED) is 0.684. The van der Waals surface area contributed by atoms with Crippen LogP contribution in [0.4, 0.5) is 5.95 Å². The summed E-state index contributed by atoms with van der Waals surface area (Å²) in [5.41, 5.74) is 4.31. The summed E-state index contributed by atoms with van der Waals surface area (Å²) in [6.07, 6.45) is 2.72. The largest absolute Gasteiger partial charge is 0.385 e. The molecular weight excluding hydrogens is 276 g/mol. The van der Waals surface area contributed by atoms with E-state index in [0.29, 0.717) is 5.95 Å². The molecule has 3 aromatic rings. The fourth-order valence-electron chi connectivity index (χ4n) is 2.61. The van der Waals surface area contributed by atoms with E-state index in [4.69, 9.17) is 4.74 Å². The van der Waals surface area contributed by atoms with Crippen molar-refractivity contribution in [2.24, 2.45) is 0 Å². The van der Waals surface area contributed by atoms with Crippen molar-refractivity contribution in [2.75, 3.05) is 25.6 Å². The van der Waals surface area contributed by atoms with Crippen molar-refractivity contribution in [3.63, 3.8) is 0 Å². The van der Waals surface area contributed by atoms with Gasteiger partial charge in [-0.2, -0.15) is 0 Å². The highest BCUT2D eigenvalue weighted by molar-refractivity contribution is 5.96. The number of hydrogen-bond donors (Lipinski definition) is 2. The number of hydrogen-bond acceptors (Lipinski definition) is 4. The molecular formula is C17H20N4O. The van der Waals surface area contributed by atoms with E-state index in [-0.39, 0.29) is 0 Å². The third-order valence-corrected chi connectivity index (χ3v) is 3.61. The number of aryl methyl sites for hydroxylation is 1. The number of benzene rings is 1. The van der Waals surface area contributed by atoms with Crippen molar-refractivity contribution in [1.29, 1.82) is 0 Å². The average Bonchev–Trinajstić information content (AvgIpc) is 2.87. The Kier molecular flexibility index (Phi) is 4.34. The third-order valence-electron chi connectivity index (χ3n) is 3.61. The van der Waals surface area contributed by atoms with E-state index in [2.05, 4.69) is 39.3 Å². The molecule has 2 N–H and O–H groups in total. The van der Waals surface area contributed by atoms with Gasteiger partial charge >= 0.3 is 0 Å². The van der Waals surface area contributed by atoms with E-state index in [0.717, 1.165) is 42.0 Å². The SMILES string of the molecule is COCCCNc1nccc(-c2c(C)[nH]c3ccccc23)n1. The van der Waals surface area contributed by atoms with E-state index in [1.807, 2.05) is 18.2 Å². The minimum Gasteiger partial charge on any atom is -0.385 e. The molecule has 0 fully saturated rings. The van der Waals surface area contributed by atoms with Gasteiger partial charge in [0.25, 0.3) is 0 Å². The van der Waals surface area contributed by atoms with Crippen LogP contribution in [0.2, 0.25) is 0 Å². The van der Waals surface area contributed by atoms with Crippen LogP contribution in [0, 0.1) is 6.92 Å². The zero-order valence-electron chi connectivity index (χ0n) is 12.9. The maximum Gasteiger partial charge on any atom is 0.223 e. The molecule has 0 saturated heterocycles. The molecule has 22 heavy (non-hydrogen) atoms. The molecule has 0 bridgehead atoms. The van der Waals surface area contributed by atoms with Gasteiger partial charge in [-0.3, -0.25) is 0 Å². The summed E-state index contributed by atoms with van der Waals surface area (Å²) < 4.78 is 5.04. The highest BCUT2D eigenvalue weighted by Crippen LogP contribution is 2.30. The van der Waals surface area contributed by atoms with Crippen LogP contribution in [-0.2, 0) is 4.74 Å². The van der Waals surface area contributed by atoms with Gasteiger partial charge in [0.15, 0.2) is 0 Å². The molecule has 1 aromatic carbocycles. The second-order valence-corrected chi connectivity index (χ2v) is 5.21. The molecule has 114 valence electrons. The smallest absolute Gasteiger partial charge is 0.223 e. The summed E-state index contributed by atoms with van der Waals surface area (Å²) in [6.45, 7) is 3.60. The van der Waals surface area contributed by atoms with Crippen LogP contribution in [0.5, 0.6) is 0 Å². The molecule has 0 aliphatic rings. The first kappa shape index (κ1) is 14.5. The Morgan fingerprint density at radius 2 is 2.09 bits per heavy atom. The molecule has 0 saturated carbocycles. The lowest BCUT2D eigenvalue weighted by Crippen LogP contribution is -2.07. The molecule has 0 aliphatic heterocycles. The van der Waals surface area contributed by atoms with Crippen molar-refractivity contribution in [1.82, 2.24) is 15.0 Å². The van der Waals surface area contributed by atoms with Gasteiger partial charge in [-0.05, 0) is 25.5 Å². The van der Waals surface area contributed by atoms with Crippen LogP contribution in [0.25, 0.3) is 22.2 Å². The minimum absolute atomic E-state index is 0.651. The highest BCUT2D eigenvalue weighted by Gasteiger charge is 2.12. The van der Waals surface area contributed by atoms with Crippen molar-refractivity contribution >= 4 is 16.9 Å². The highest BCUT2D eigenvalue weighted by atomic mass is 16.5. The first-order chi connectivity index (χ1) is 10.8. The Hall–Kier alpha value is -2.40. The zero-order chi connectivity index (χ0) is 15.4. The lowest BCUT2D eigenvalue weighted by atomic mass is 10.1. The molecule has 2 heterocycles. The number of nitrogens with one attached hydrogen (secondary N) is 2. The first-order valence-electron chi connectivity index (χ1n) is 7.43. The average molecular weight is 296 g/mol. The van der Waals surface area contributed by atoms with Crippen LogP contribution in [-0.4, -0.2) is 35.2 Å². The Morgan fingerprint density at radius 1 is 1.23 bits per heavy atom. The predicted octanol–water partition coefficient (Wildman–Crippen LogP) is 3.38. The van der Waals surface area contributed by atoms with Crippen LogP contribution >= 0.6 is 0 Å². The van der Waals surface area contributed by atoms with Gasteiger partial charge in [0.05, 0.1) is 5.69 Å². The van der Waals surface area contributed by atoms with E-state index >= 15 is 0 Å². The Balaban J connectivity index is 1.89. The van der Waals surface area contributed by atoms with Crippen LogP contribution in [0.15, 0.2) is 36.5 Å². The number of para-hydroxylation sites is 1. The molecule has 0 amide bonds. The van der Waals surface area contributed by atoms with Crippen molar-refractivity contribution < 1.29 is 4.74 Å². The third kappa shape index (κ3) is 2.94.